The van der Waals surface area contributed by atoms with Crippen molar-refractivity contribution in [2.45, 2.75) is 33.1 Å². The molecule has 0 aromatic carbocycles. The molecule has 0 unspecified atom stereocenters. The Morgan fingerprint density at radius 2 is 1.94 bits per heavy atom. The number of nitrogens with zero attached hydrogens (tertiary/aromatic N) is 2. The Hall–Kier alpha value is -1.32. The van der Waals surface area contributed by atoms with Crippen LogP contribution in [0.1, 0.15) is 32.0 Å². The number of anilines is 2. The molecule has 2 rings (SSSR count). The van der Waals surface area contributed by atoms with Gasteiger partial charge in [0.2, 0.25) is 0 Å². The Bertz CT molecular complexity index is 347. The average Bonchev–Trinajstić information content (AvgIpc) is 2.14. The van der Waals surface area contributed by atoms with Crippen LogP contribution in [0.2, 0.25) is 0 Å². The number of hydrogen-bond acceptors (Lipinski definition) is 4. The van der Waals surface area contributed by atoms with E-state index in [0.717, 1.165) is 36.5 Å². The SMILES string of the molecule is CCNc1cc(NCC2CCC2)nc(C)n1. The van der Waals surface area contributed by atoms with E-state index in [0.29, 0.717) is 0 Å². The standard InChI is InChI=1S/C12H20N4/c1-3-13-11-7-12(16-9(2)15-11)14-8-10-5-4-6-10/h7,10H,3-6,8H2,1-2H3,(H2,13,14,15,16). The fourth-order valence-electron chi connectivity index (χ4n) is 1.88. The number of nitrogens with one attached hydrogen (secondary N) is 2. The fraction of sp³-hybridized carbons (Fsp3) is 0.667. The molecule has 0 radical (unpaired) electrons. The minimum Gasteiger partial charge on any atom is -0.370 e. The highest BCUT2D eigenvalue weighted by Crippen LogP contribution is 2.26. The summed E-state index contributed by atoms with van der Waals surface area (Å²) >= 11 is 0. The lowest BCUT2D eigenvalue weighted by Gasteiger charge is -2.25. The lowest BCUT2D eigenvalue weighted by Crippen LogP contribution is -2.21. The topological polar surface area (TPSA) is 49.8 Å². The quantitative estimate of drug-likeness (QED) is 0.800. The molecule has 0 bridgehead atoms. The van der Waals surface area contributed by atoms with E-state index in [9.17, 15) is 0 Å². The molecule has 0 amide bonds. The summed E-state index contributed by atoms with van der Waals surface area (Å²) in [5.74, 6) is 3.51. The van der Waals surface area contributed by atoms with Gasteiger partial charge in [-0.05, 0) is 32.6 Å². The minimum absolute atomic E-state index is 0.814. The molecular formula is C12H20N4. The number of hydrogen-bond donors (Lipinski definition) is 2. The highest BCUT2D eigenvalue weighted by molar-refractivity contribution is 5.47. The molecule has 1 aliphatic rings. The van der Waals surface area contributed by atoms with Crippen LogP contribution in [0.5, 0.6) is 0 Å². The molecule has 0 atom stereocenters. The first-order chi connectivity index (χ1) is 7.78. The summed E-state index contributed by atoms with van der Waals surface area (Å²) in [5, 5.41) is 6.61. The monoisotopic (exact) mass is 220 g/mol. The van der Waals surface area contributed by atoms with E-state index in [-0.39, 0.29) is 0 Å². The van der Waals surface area contributed by atoms with Gasteiger partial charge in [-0.25, -0.2) is 9.97 Å². The molecule has 1 fully saturated rings. The van der Waals surface area contributed by atoms with Crippen molar-refractivity contribution in [3.05, 3.63) is 11.9 Å². The van der Waals surface area contributed by atoms with Gasteiger partial charge in [0.1, 0.15) is 17.5 Å². The van der Waals surface area contributed by atoms with Gasteiger partial charge in [-0.15, -0.1) is 0 Å². The van der Waals surface area contributed by atoms with Gasteiger partial charge in [0.05, 0.1) is 0 Å². The second-order valence-electron chi connectivity index (χ2n) is 4.39. The van der Waals surface area contributed by atoms with Crippen molar-refractivity contribution < 1.29 is 0 Å². The van der Waals surface area contributed by atoms with Crippen molar-refractivity contribution in [2.75, 3.05) is 23.7 Å². The van der Waals surface area contributed by atoms with Crippen LogP contribution in [0.15, 0.2) is 6.07 Å². The van der Waals surface area contributed by atoms with Gasteiger partial charge in [0.15, 0.2) is 0 Å². The third-order valence-corrected chi connectivity index (χ3v) is 2.99. The van der Waals surface area contributed by atoms with Crippen LogP contribution in [-0.4, -0.2) is 23.1 Å². The molecule has 1 heterocycles. The Labute approximate surface area is 96.9 Å². The second-order valence-corrected chi connectivity index (χ2v) is 4.39. The van der Waals surface area contributed by atoms with E-state index in [4.69, 9.17) is 0 Å². The molecule has 4 heteroatoms. The summed E-state index contributed by atoms with van der Waals surface area (Å²) < 4.78 is 0. The maximum Gasteiger partial charge on any atom is 0.131 e. The first-order valence-corrected chi connectivity index (χ1v) is 6.11. The van der Waals surface area contributed by atoms with Crippen LogP contribution in [0, 0.1) is 12.8 Å². The molecule has 88 valence electrons. The van der Waals surface area contributed by atoms with Gasteiger partial charge in [-0.1, -0.05) is 6.42 Å². The van der Waals surface area contributed by atoms with Crippen LogP contribution in [0.3, 0.4) is 0 Å². The zero-order chi connectivity index (χ0) is 11.4. The van der Waals surface area contributed by atoms with Crippen LogP contribution < -0.4 is 10.6 Å². The lowest BCUT2D eigenvalue weighted by molar-refractivity contribution is 0.333. The summed E-state index contributed by atoms with van der Waals surface area (Å²) in [6.07, 6.45) is 4.10. The van der Waals surface area contributed by atoms with Gasteiger partial charge in [0, 0.05) is 19.2 Å². The van der Waals surface area contributed by atoms with Crippen LogP contribution in [0.4, 0.5) is 11.6 Å². The van der Waals surface area contributed by atoms with Crippen molar-refractivity contribution in [2.24, 2.45) is 5.92 Å². The lowest BCUT2D eigenvalue weighted by atomic mass is 9.85. The normalized spacial score (nSPS) is 15.6. The number of aryl methyl sites for hydroxylation is 1. The Morgan fingerprint density at radius 3 is 2.50 bits per heavy atom. The third kappa shape index (κ3) is 2.84. The summed E-state index contributed by atoms with van der Waals surface area (Å²) in [4.78, 5) is 8.71. The molecule has 0 spiro atoms. The maximum atomic E-state index is 4.38. The molecule has 4 nitrogen and oxygen atoms in total. The molecule has 0 saturated heterocycles. The van der Waals surface area contributed by atoms with Crippen molar-refractivity contribution in [3.8, 4) is 0 Å². The molecule has 2 N–H and O–H groups in total. The van der Waals surface area contributed by atoms with Gasteiger partial charge in [-0.2, -0.15) is 0 Å². The summed E-state index contributed by atoms with van der Waals surface area (Å²) in [5.41, 5.74) is 0. The summed E-state index contributed by atoms with van der Waals surface area (Å²) in [7, 11) is 0. The molecule has 1 aliphatic carbocycles. The Balaban J connectivity index is 1.95. The Morgan fingerprint density at radius 1 is 1.25 bits per heavy atom. The van der Waals surface area contributed by atoms with E-state index >= 15 is 0 Å². The van der Waals surface area contributed by atoms with Gasteiger partial charge in [-0.3, -0.25) is 0 Å². The van der Waals surface area contributed by atoms with Crippen molar-refractivity contribution >= 4 is 11.6 Å². The largest absolute Gasteiger partial charge is 0.370 e. The predicted molar refractivity (Wildman–Crippen MR) is 66.8 cm³/mol. The highest BCUT2D eigenvalue weighted by atomic mass is 15.1. The molecule has 1 aromatic heterocycles. The molecule has 1 saturated carbocycles. The van der Waals surface area contributed by atoms with E-state index in [1.165, 1.54) is 19.3 Å². The predicted octanol–water partition coefficient (Wildman–Crippen LogP) is 2.43. The van der Waals surface area contributed by atoms with Crippen molar-refractivity contribution in [1.29, 1.82) is 0 Å². The average molecular weight is 220 g/mol. The van der Waals surface area contributed by atoms with Crippen molar-refractivity contribution in [1.82, 2.24) is 9.97 Å². The zero-order valence-electron chi connectivity index (χ0n) is 10.1. The molecule has 0 aliphatic heterocycles. The number of aromatic nitrogens is 2. The number of rotatable bonds is 5. The van der Waals surface area contributed by atoms with Gasteiger partial charge < -0.3 is 10.6 Å². The van der Waals surface area contributed by atoms with E-state index in [1.54, 1.807) is 0 Å². The first-order valence-electron chi connectivity index (χ1n) is 6.11. The minimum atomic E-state index is 0.814. The second kappa shape index (κ2) is 5.14. The highest BCUT2D eigenvalue weighted by Gasteiger charge is 2.16. The first kappa shape index (κ1) is 11.2. The molecular weight excluding hydrogens is 200 g/mol. The molecule has 16 heavy (non-hydrogen) atoms. The van der Waals surface area contributed by atoms with Crippen LogP contribution >= 0.6 is 0 Å². The van der Waals surface area contributed by atoms with E-state index in [1.807, 2.05) is 13.0 Å². The molecule has 1 aromatic rings. The van der Waals surface area contributed by atoms with Gasteiger partial charge >= 0.3 is 0 Å². The third-order valence-electron chi connectivity index (χ3n) is 2.99. The maximum absolute atomic E-state index is 4.38. The summed E-state index contributed by atoms with van der Waals surface area (Å²) in [6.45, 7) is 5.93. The van der Waals surface area contributed by atoms with Gasteiger partial charge in [0.25, 0.3) is 0 Å². The van der Waals surface area contributed by atoms with E-state index in [2.05, 4.69) is 27.5 Å². The smallest absolute Gasteiger partial charge is 0.131 e. The van der Waals surface area contributed by atoms with E-state index < -0.39 is 0 Å². The van der Waals surface area contributed by atoms with Crippen LogP contribution in [-0.2, 0) is 0 Å². The zero-order valence-corrected chi connectivity index (χ0v) is 10.1. The Kier molecular flexibility index (Phi) is 3.59. The van der Waals surface area contributed by atoms with Crippen molar-refractivity contribution in [3.63, 3.8) is 0 Å². The van der Waals surface area contributed by atoms with Crippen LogP contribution in [0.25, 0.3) is 0 Å². The fourth-order valence-corrected chi connectivity index (χ4v) is 1.88. The summed E-state index contributed by atoms with van der Waals surface area (Å²) in [6, 6.07) is 1.98.